The Kier molecular flexibility index (Phi) is 4.99. The third kappa shape index (κ3) is 3.16. The standard InChI is InChI=1S/C19H25FN4O5/c1-29-17-15-12(18(27)24(21)19(28)23(15)11-2-3-11)8-13(20)16(17)22-6-4-10(5-7-22)14(26)9-25/h8,10-11,14,25-26H,2-7,9,21H2,1H3/t14-/m1/s1. The zero-order valence-electron chi connectivity index (χ0n) is 16.2. The van der Waals surface area contributed by atoms with E-state index < -0.39 is 23.2 Å². The highest BCUT2D eigenvalue weighted by molar-refractivity contribution is 5.91. The summed E-state index contributed by atoms with van der Waals surface area (Å²) in [5.41, 5.74) is -0.957. The average molecular weight is 408 g/mol. The molecular formula is C19H25FN4O5. The Morgan fingerprint density at radius 1 is 1.28 bits per heavy atom. The van der Waals surface area contributed by atoms with Gasteiger partial charge in [0.25, 0.3) is 5.56 Å². The van der Waals surface area contributed by atoms with Crippen molar-refractivity contribution in [3.8, 4) is 5.75 Å². The molecule has 2 aliphatic rings. The third-order valence-corrected chi connectivity index (χ3v) is 5.99. The van der Waals surface area contributed by atoms with E-state index in [0.29, 0.717) is 30.6 Å². The van der Waals surface area contributed by atoms with Crippen LogP contribution in [0.25, 0.3) is 10.9 Å². The van der Waals surface area contributed by atoms with E-state index in [1.807, 2.05) is 0 Å². The molecule has 0 unspecified atom stereocenters. The maximum Gasteiger partial charge on any atom is 0.350 e. The van der Waals surface area contributed by atoms with Crippen molar-refractivity contribution in [2.45, 2.75) is 37.8 Å². The molecule has 9 nitrogen and oxygen atoms in total. The van der Waals surface area contributed by atoms with Crippen LogP contribution in [-0.2, 0) is 0 Å². The van der Waals surface area contributed by atoms with E-state index in [9.17, 15) is 14.7 Å². The summed E-state index contributed by atoms with van der Waals surface area (Å²) in [4.78, 5) is 27.0. The molecule has 1 aromatic heterocycles. The number of methoxy groups -OCH3 is 1. The first-order valence-corrected chi connectivity index (χ1v) is 9.75. The van der Waals surface area contributed by atoms with Crippen molar-refractivity contribution in [2.75, 3.05) is 37.5 Å². The Morgan fingerprint density at radius 3 is 2.48 bits per heavy atom. The number of nitrogens with two attached hydrogens (primary N) is 1. The molecule has 1 aliphatic carbocycles. The molecule has 0 spiro atoms. The van der Waals surface area contributed by atoms with Crippen LogP contribution < -0.4 is 26.7 Å². The zero-order valence-corrected chi connectivity index (χ0v) is 16.2. The number of hydrogen-bond donors (Lipinski definition) is 3. The zero-order chi connectivity index (χ0) is 20.9. The Bertz CT molecular complexity index is 1050. The van der Waals surface area contributed by atoms with Crippen LogP contribution in [0.1, 0.15) is 31.7 Å². The normalized spacial score (nSPS) is 19.0. The first-order valence-electron chi connectivity index (χ1n) is 9.75. The summed E-state index contributed by atoms with van der Waals surface area (Å²) in [6.45, 7) is 0.585. The molecule has 2 aromatic rings. The Morgan fingerprint density at radius 2 is 1.93 bits per heavy atom. The number of nitrogens with zero attached hydrogens (tertiary/aromatic N) is 3. The van der Waals surface area contributed by atoms with Crippen molar-refractivity contribution in [3.05, 3.63) is 32.7 Å². The van der Waals surface area contributed by atoms with E-state index >= 15 is 4.39 Å². The monoisotopic (exact) mass is 408 g/mol. The predicted octanol–water partition coefficient (Wildman–Crippen LogP) is -0.0708. The maximum absolute atomic E-state index is 15.1. The topological polar surface area (TPSA) is 123 Å². The first-order chi connectivity index (χ1) is 13.9. The maximum atomic E-state index is 15.1. The van der Waals surface area contributed by atoms with Crippen molar-refractivity contribution in [2.24, 2.45) is 5.92 Å². The number of piperidine rings is 1. The number of hydrogen-bond acceptors (Lipinski definition) is 7. The lowest BCUT2D eigenvalue weighted by molar-refractivity contribution is 0.0376. The van der Waals surface area contributed by atoms with Gasteiger partial charge < -0.3 is 25.7 Å². The van der Waals surface area contributed by atoms with Gasteiger partial charge in [-0.05, 0) is 37.7 Å². The third-order valence-electron chi connectivity index (χ3n) is 5.99. The van der Waals surface area contributed by atoms with E-state index in [0.717, 1.165) is 18.9 Å². The van der Waals surface area contributed by atoms with Gasteiger partial charge in [0.2, 0.25) is 0 Å². The molecule has 29 heavy (non-hydrogen) atoms. The molecule has 4 N–H and O–H groups in total. The number of halogens is 1. The van der Waals surface area contributed by atoms with Crippen molar-refractivity contribution in [3.63, 3.8) is 0 Å². The fourth-order valence-electron chi connectivity index (χ4n) is 4.25. The van der Waals surface area contributed by atoms with Gasteiger partial charge in [-0.2, -0.15) is 4.68 Å². The number of aliphatic hydroxyl groups excluding tert-OH is 2. The molecule has 10 heteroatoms. The molecule has 1 aliphatic heterocycles. The second-order valence-corrected chi connectivity index (χ2v) is 7.77. The molecule has 4 rings (SSSR count). The van der Waals surface area contributed by atoms with Crippen LogP contribution in [0.3, 0.4) is 0 Å². The Labute approximate surface area is 165 Å². The van der Waals surface area contributed by atoms with Crippen LogP contribution in [0.4, 0.5) is 10.1 Å². The first kappa shape index (κ1) is 19.7. The van der Waals surface area contributed by atoms with Gasteiger partial charge in [-0.1, -0.05) is 0 Å². The number of anilines is 1. The summed E-state index contributed by atoms with van der Waals surface area (Å²) in [7, 11) is 1.38. The summed E-state index contributed by atoms with van der Waals surface area (Å²) in [6, 6.07) is 1.02. The summed E-state index contributed by atoms with van der Waals surface area (Å²) in [6.07, 6.45) is 1.88. The van der Waals surface area contributed by atoms with Gasteiger partial charge in [0.05, 0.1) is 25.2 Å². The number of fused-ring (bicyclic) bond motifs is 1. The van der Waals surface area contributed by atoms with E-state index in [4.69, 9.17) is 15.7 Å². The Hall–Kier alpha value is -2.59. The summed E-state index contributed by atoms with van der Waals surface area (Å²) >= 11 is 0. The SMILES string of the molecule is COc1c(N2CCC([C@H](O)CO)CC2)c(F)cc2c(=O)n(N)c(=O)n(C3CC3)c12. The minimum atomic E-state index is -0.802. The molecular weight excluding hydrogens is 383 g/mol. The largest absolute Gasteiger partial charge is 0.492 e. The molecule has 158 valence electrons. The number of aliphatic hydroxyl groups is 2. The summed E-state index contributed by atoms with van der Waals surface area (Å²) < 4.78 is 22.6. The van der Waals surface area contributed by atoms with Crippen LogP contribution in [0.2, 0.25) is 0 Å². The molecule has 0 bridgehead atoms. The molecule has 2 fully saturated rings. The molecule has 1 saturated carbocycles. The van der Waals surface area contributed by atoms with E-state index in [1.54, 1.807) is 4.90 Å². The molecule has 0 radical (unpaired) electrons. The van der Waals surface area contributed by atoms with Crippen LogP contribution in [0, 0.1) is 11.7 Å². The predicted molar refractivity (Wildman–Crippen MR) is 105 cm³/mol. The van der Waals surface area contributed by atoms with E-state index in [-0.39, 0.29) is 40.9 Å². The molecule has 1 saturated heterocycles. The van der Waals surface area contributed by atoms with E-state index in [2.05, 4.69) is 0 Å². The number of rotatable bonds is 5. The van der Waals surface area contributed by atoms with Crippen LogP contribution in [0.5, 0.6) is 5.75 Å². The van der Waals surface area contributed by atoms with Crippen molar-refractivity contribution >= 4 is 16.6 Å². The number of aromatic nitrogens is 2. The van der Waals surface area contributed by atoms with Crippen molar-refractivity contribution < 1.29 is 19.3 Å². The van der Waals surface area contributed by atoms with Gasteiger partial charge in [-0.25, -0.2) is 9.18 Å². The lowest BCUT2D eigenvalue weighted by Gasteiger charge is -2.36. The van der Waals surface area contributed by atoms with Gasteiger partial charge in [-0.15, -0.1) is 0 Å². The van der Waals surface area contributed by atoms with Gasteiger partial charge in [0.15, 0.2) is 11.6 Å². The fraction of sp³-hybridized carbons (Fsp3) is 0.579. The second kappa shape index (κ2) is 7.34. The highest BCUT2D eigenvalue weighted by Gasteiger charge is 2.33. The van der Waals surface area contributed by atoms with Crippen LogP contribution in [-0.4, -0.2) is 52.4 Å². The van der Waals surface area contributed by atoms with Gasteiger partial charge in [-0.3, -0.25) is 9.36 Å². The molecule has 2 heterocycles. The highest BCUT2D eigenvalue weighted by Crippen LogP contribution is 2.43. The lowest BCUT2D eigenvalue weighted by Crippen LogP contribution is -2.45. The van der Waals surface area contributed by atoms with Gasteiger partial charge in [0, 0.05) is 19.1 Å². The molecule has 0 amide bonds. The quantitative estimate of drug-likeness (QED) is 0.592. The molecule has 1 atom stereocenters. The molecule has 1 aromatic carbocycles. The lowest BCUT2D eigenvalue weighted by atomic mass is 9.91. The number of ether oxygens (including phenoxy) is 1. The second-order valence-electron chi connectivity index (χ2n) is 7.77. The van der Waals surface area contributed by atoms with Crippen LogP contribution >= 0.6 is 0 Å². The van der Waals surface area contributed by atoms with E-state index in [1.165, 1.54) is 11.7 Å². The minimum Gasteiger partial charge on any atom is -0.492 e. The summed E-state index contributed by atoms with van der Waals surface area (Å²) in [5.74, 6) is 5.09. The van der Waals surface area contributed by atoms with Gasteiger partial charge in [0.1, 0.15) is 11.2 Å². The fourth-order valence-corrected chi connectivity index (χ4v) is 4.25. The average Bonchev–Trinajstić information content (AvgIpc) is 3.56. The number of benzene rings is 1. The minimum absolute atomic E-state index is 0.00249. The highest BCUT2D eigenvalue weighted by atomic mass is 19.1. The number of nitrogen functional groups attached to an aromatic ring is 1. The smallest absolute Gasteiger partial charge is 0.350 e. The van der Waals surface area contributed by atoms with Gasteiger partial charge >= 0.3 is 5.69 Å². The van der Waals surface area contributed by atoms with Crippen molar-refractivity contribution in [1.82, 2.24) is 9.24 Å². The van der Waals surface area contributed by atoms with Crippen molar-refractivity contribution in [1.29, 1.82) is 0 Å². The summed E-state index contributed by atoms with van der Waals surface area (Å²) in [5, 5.41) is 19.0. The van der Waals surface area contributed by atoms with Crippen LogP contribution in [0.15, 0.2) is 15.7 Å². The Balaban J connectivity index is 1.87.